The molecule has 1 N–H and O–H groups in total. The number of carbonyl (C=O) groups is 1. The van der Waals surface area contributed by atoms with Gasteiger partial charge in [0.2, 0.25) is 15.9 Å². The highest BCUT2D eigenvalue weighted by molar-refractivity contribution is 7.89. The van der Waals surface area contributed by atoms with Crippen molar-refractivity contribution < 1.29 is 22.7 Å². The molecule has 1 aromatic heterocycles. The van der Waals surface area contributed by atoms with Crippen LogP contribution >= 0.6 is 11.3 Å². The predicted octanol–water partition coefficient (Wildman–Crippen LogP) is 2.35. The molecule has 7 nitrogen and oxygen atoms in total. The highest BCUT2D eigenvalue weighted by atomic mass is 32.2. The lowest BCUT2D eigenvalue weighted by molar-refractivity contribution is -0.115. The first-order valence-electron chi connectivity index (χ1n) is 8.66. The Bertz CT molecular complexity index is 875. The largest absolute Gasteiger partial charge is 0.492 e. The van der Waals surface area contributed by atoms with E-state index in [0.29, 0.717) is 44.3 Å². The molecule has 1 fully saturated rings. The summed E-state index contributed by atoms with van der Waals surface area (Å²) in [6.45, 7) is 3.62. The summed E-state index contributed by atoms with van der Waals surface area (Å²) in [6, 6.07) is 6.43. The van der Waals surface area contributed by atoms with Crippen LogP contribution in [0.1, 0.15) is 12.5 Å². The Hall–Kier alpha value is -1.94. The summed E-state index contributed by atoms with van der Waals surface area (Å²) in [5.74, 6) is 0.215. The molecule has 1 aliphatic heterocycles. The average Bonchev–Trinajstić information content (AvgIpc) is 3.17. The number of rotatable bonds is 7. The van der Waals surface area contributed by atoms with Gasteiger partial charge in [-0.2, -0.15) is 15.6 Å². The highest BCUT2D eigenvalue weighted by Crippen LogP contribution is 2.30. The molecule has 1 aromatic carbocycles. The van der Waals surface area contributed by atoms with Crippen LogP contribution in [0.15, 0.2) is 39.9 Å². The Kier molecular flexibility index (Phi) is 6.48. The summed E-state index contributed by atoms with van der Waals surface area (Å²) < 4.78 is 37.9. The Labute approximate surface area is 163 Å². The molecule has 3 rings (SSSR count). The van der Waals surface area contributed by atoms with Gasteiger partial charge in [0, 0.05) is 13.1 Å². The molecule has 2 heterocycles. The van der Waals surface area contributed by atoms with Crippen molar-refractivity contribution in [2.24, 2.45) is 0 Å². The number of amides is 1. The fourth-order valence-electron chi connectivity index (χ4n) is 2.76. The molecule has 146 valence electrons. The second-order valence-corrected chi connectivity index (χ2v) is 8.68. The minimum Gasteiger partial charge on any atom is -0.492 e. The van der Waals surface area contributed by atoms with Gasteiger partial charge in [0.1, 0.15) is 5.75 Å². The van der Waals surface area contributed by atoms with Gasteiger partial charge >= 0.3 is 0 Å². The van der Waals surface area contributed by atoms with Gasteiger partial charge in [-0.05, 0) is 47.5 Å². The van der Waals surface area contributed by atoms with Crippen molar-refractivity contribution in [2.75, 3.05) is 38.2 Å². The third-order valence-electron chi connectivity index (χ3n) is 4.08. The molecule has 0 bridgehead atoms. The van der Waals surface area contributed by atoms with Crippen molar-refractivity contribution in [3.05, 3.63) is 40.6 Å². The number of hydrogen-bond donors (Lipinski definition) is 1. The maximum absolute atomic E-state index is 12.9. The van der Waals surface area contributed by atoms with Crippen molar-refractivity contribution in [3.8, 4) is 5.75 Å². The molecule has 0 radical (unpaired) electrons. The molecule has 0 aliphatic carbocycles. The van der Waals surface area contributed by atoms with Crippen LogP contribution in [0.25, 0.3) is 0 Å². The predicted molar refractivity (Wildman–Crippen MR) is 104 cm³/mol. The van der Waals surface area contributed by atoms with Gasteiger partial charge in [0.25, 0.3) is 0 Å². The summed E-state index contributed by atoms with van der Waals surface area (Å²) in [5.41, 5.74) is 1.26. The van der Waals surface area contributed by atoms with E-state index in [9.17, 15) is 13.2 Å². The number of nitrogens with zero attached hydrogens (tertiary/aromatic N) is 1. The SMILES string of the molecule is CCOc1ccc(S(=O)(=O)N2CCOCC2)cc1NC(=O)Cc1ccsc1. The quantitative estimate of drug-likeness (QED) is 0.757. The van der Waals surface area contributed by atoms with Crippen molar-refractivity contribution in [2.45, 2.75) is 18.2 Å². The minimum atomic E-state index is -3.65. The van der Waals surface area contributed by atoms with E-state index in [1.54, 1.807) is 6.07 Å². The number of carbonyl (C=O) groups excluding carboxylic acids is 1. The Balaban J connectivity index is 1.84. The first-order valence-corrected chi connectivity index (χ1v) is 11.0. The van der Waals surface area contributed by atoms with E-state index < -0.39 is 10.0 Å². The van der Waals surface area contributed by atoms with E-state index in [-0.39, 0.29) is 17.2 Å². The van der Waals surface area contributed by atoms with E-state index in [0.717, 1.165) is 5.56 Å². The number of hydrogen-bond acceptors (Lipinski definition) is 6. The van der Waals surface area contributed by atoms with E-state index in [4.69, 9.17) is 9.47 Å². The summed E-state index contributed by atoms with van der Waals surface area (Å²) in [5, 5.41) is 6.59. The molecule has 0 spiro atoms. The maximum atomic E-state index is 12.9. The van der Waals surface area contributed by atoms with Crippen molar-refractivity contribution in [3.63, 3.8) is 0 Å². The van der Waals surface area contributed by atoms with Gasteiger partial charge < -0.3 is 14.8 Å². The third kappa shape index (κ3) is 4.86. The second-order valence-electron chi connectivity index (χ2n) is 5.96. The molecule has 1 aliphatic rings. The first kappa shape index (κ1) is 19.8. The van der Waals surface area contributed by atoms with E-state index in [1.165, 1.54) is 27.8 Å². The second kappa shape index (κ2) is 8.83. The van der Waals surface area contributed by atoms with Gasteiger partial charge in [0.05, 0.1) is 36.8 Å². The minimum absolute atomic E-state index is 0.124. The van der Waals surface area contributed by atoms with Crippen LogP contribution in [0.3, 0.4) is 0 Å². The number of benzene rings is 1. The zero-order valence-electron chi connectivity index (χ0n) is 15.0. The number of morpholine rings is 1. The van der Waals surface area contributed by atoms with Crippen LogP contribution in [0, 0.1) is 0 Å². The molecule has 0 unspecified atom stereocenters. The average molecular weight is 411 g/mol. The fourth-order valence-corrected chi connectivity index (χ4v) is 4.86. The van der Waals surface area contributed by atoms with Gasteiger partial charge in [-0.1, -0.05) is 0 Å². The lowest BCUT2D eigenvalue weighted by atomic mass is 10.2. The van der Waals surface area contributed by atoms with Gasteiger partial charge in [0.15, 0.2) is 0 Å². The van der Waals surface area contributed by atoms with E-state index in [1.807, 2.05) is 23.8 Å². The lowest BCUT2D eigenvalue weighted by Gasteiger charge is -2.26. The summed E-state index contributed by atoms with van der Waals surface area (Å²) in [4.78, 5) is 12.5. The molecule has 1 saturated heterocycles. The van der Waals surface area contributed by atoms with Crippen LogP contribution in [-0.4, -0.2) is 51.5 Å². The Morgan fingerprint density at radius 3 is 2.74 bits per heavy atom. The standard InChI is InChI=1S/C18H22N2O5S2/c1-2-25-17-4-3-15(27(22,23)20-6-8-24-9-7-20)12-16(17)19-18(21)11-14-5-10-26-13-14/h3-5,10,12-13H,2,6-9,11H2,1H3,(H,19,21). The maximum Gasteiger partial charge on any atom is 0.243 e. The summed E-state index contributed by atoms with van der Waals surface area (Å²) in [6.07, 6.45) is 0.218. The number of anilines is 1. The summed E-state index contributed by atoms with van der Waals surface area (Å²) in [7, 11) is -3.65. The molecular formula is C18H22N2O5S2. The smallest absolute Gasteiger partial charge is 0.243 e. The van der Waals surface area contributed by atoms with Crippen molar-refractivity contribution in [1.82, 2.24) is 4.31 Å². The molecule has 0 saturated carbocycles. The topological polar surface area (TPSA) is 84.9 Å². The zero-order valence-corrected chi connectivity index (χ0v) is 16.6. The third-order valence-corrected chi connectivity index (χ3v) is 6.70. The Morgan fingerprint density at radius 2 is 2.07 bits per heavy atom. The number of sulfonamides is 1. The van der Waals surface area contributed by atoms with Gasteiger partial charge in [-0.3, -0.25) is 4.79 Å². The molecule has 0 atom stereocenters. The highest BCUT2D eigenvalue weighted by Gasteiger charge is 2.27. The van der Waals surface area contributed by atoms with Crippen LogP contribution < -0.4 is 10.1 Å². The van der Waals surface area contributed by atoms with E-state index in [2.05, 4.69) is 5.32 Å². The Morgan fingerprint density at radius 1 is 1.30 bits per heavy atom. The van der Waals surface area contributed by atoms with Gasteiger partial charge in [-0.15, -0.1) is 0 Å². The first-order chi connectivity index (χ1) is 13.0. The molecule has 9 heteroatoms. The normalized spacial score (nSPS) is 15.4. The van der Waals surface area contributed by atoms with Crippen LogP contribution in [0.5, 0.6) is 5.75 Å². The number of ether oxygens (including phenoxy) is 2. The molecule has 2 aromatic rings. The van der Waals surface area contributed by atoms with Crippen LogP contribution in [-0.2, 0) is 26.0 Å². The zero-order chi connectivity index (χ0) is 19.3. The van der Waals surface area contributed by atoms with Crippen LogP contribution in [0.4, 0.5) is 5.69 Å². The van der Waals surface area contributed by atoms with Crippen molar-refractivity contribution in [1.29, 1.82) is 0 Å². The fraction of sp³-hybridized carbons (Fsp3) is 0.389. The number of thiophene rings is 1. The molecular weight excluding hydrogens is 388 g/mol. The molecule has 1 amide bonds. The molecule has 27 heavy (non-hydrogen) atoms. The van der Waals surface area contributed by atoms with Crippen molar-refractivity contribution >= 4 is 33.0 Å². The van der Waals surface area contributed by atoms with Gasteiger partial charge in [-0.25, -0.2) is 8.42 Å². The number of nitrogens with one attached hydrogen (secondary N) is 1. The van der Waals surface area contributed by atoms with E-state index >= 15 is 0 Å². The lowest BCUT2D eigenvalue weighted by Crippen LogP contribution is -2.40. The van der Waals surface area contributed by atoms with Crippen LogP contribution in [0.2, 0.25) is 0 Å². The summed E-state index contributed by atoms with van der Waals surface area (Å²) >= 11 is 1.52. The monoisotopic (exact) mass is 410 g/mol.